The van der Waals surface area contributed by atoms with Gasteiger partial charge in [-0.05, 0) is 29.3 Å². The van der Waals surface area contributed by atoms with E-state index in [1.807, 2.05) is 6.07 Å². The summed E-state index contributed by atoms with van der Waals surface area (Å²) in [4.78, 5) is 48.1. The van der Waals surface area contributed by atoms with Crippen molar-refractivity contribution >= 4 is 46.6 Å². The van der Waals surface area contributed by atoms with Crippen LogP contribution < -0.4 is 10.1 Å². The van der Waals surface area contributed by atoms with Crippen LogP contribution in [0, 0.1) is 0 Å². The van der Waals surface area contributed by atoms with E-state index in [-0.39, 0.29) is 12.5 Å². The van der Waals surface area contributed by atoms with Gasteiger partial charge in [0.15, 0.2) is 6.54 Å². The van der Waals surface area contributed by atoms with Crippen LogP contribution >= 0.6 is 0 Å². The molecule has 10 nitrogen and oxygen atoms in total. The Morgan fingerprint density at radius 3 is 2.79 bits per heavy atom. The monoisotopic (exact) mass is 395 g/mol. The van der Waals surface area contributed by atoms with Crippen LogP contribution in [0.4, 0.5) is 10.5 Å². The van der Waals surface area contributed by atoms with Crippen LogP contribution in [-0.4, -0.2) is 83.2 Å². The summed E-state index contributed by atoms with van der Waals surface area (Å²) in [6, 6.07) is 5.85. The molecular weight excluding hydrogens is 376 g/mol. The number of methoxy groups -OCH3 is 1. The van der Waals surface area contributed by atoms with Crippen molar-refractivity contribution in [1.29, 1.82) is 0 Å². The van der Waals surface area contributed by atoms with Gasteiger partial charge in [0.25, 0.3) is 30.0 Å². The average Bonchev–Trinajstić information content (AvgIpc) is 3.14. The number of carbonyl (C=O) groups is 3. The van der Waals surface area contributed by atoms with E-state index < -0.39 is 18.0 Å². The largest absolute Gasteiger partial charge is 0.496 e. The number of likely N-dealkylation sites (N-methyl/N-ethyl adjacent to an activating group) is 2. The van der Waals surface area contributed by atoms with E-state index in [2.05, 4.69) is 15.3 Å². The number of benzene rings is 1. The molecule has 2 aromatic rings. The number of fused-ring (bicyclic) bond motifs is 2. The summed E-state index contributed by atoms with van der Waals surface area (Å²) in [5, 5.41) is 3.60. The molecule has 0 saturated carbocycles. The number of pyridine rings is 1. The number of nitrogens with one attached hydrogen (secondary N) is 1. The van der Waals surface area contributed by atoms with Gasteiger partial charge in [0.2, 0.25) is 0 Å². The molecule has 1 unspecified atom stereocenters. The molecule has 1 N–H and O–H groups in total. The first kappa shape index (κ1) is 18.5. The highest BCUT2D eigenvalue weighted by atomic mass is 16.5. The van der Waals surface area contributed by atoms with Crippen molar-refractivity contribution in [3.8, 4) is 5.75 Å². The summed E-state index contributed by atoms with van der Waals surface area (Å²) in [6.07, 6.45) is 3.04. The van der Waals surface area contributed by atoms with Gasteiger partial charge in [-0.3, -0.25) is 24.4 Å². The van der Waals surface area contributed by atoms with E-state index in [4.69, 9.17) is 4.74 Å². The molecular formula is C19H19N6O4+. The highest BCUT2D eigenvalue weighted by Gasteiger charge is 2.50. The maximum absolute atomic E-state index is 12.7. The van der Waals surface area contributed by atoms with Gasteiger partial charge < -0.3 is 10.1 Å². The standard InChI is InChI=1S/C19H18N6O4/c1-23-17-16(18(27)24(2)19(23)28)25(10-21-17)9-14(26)22-12-6-7-13(29-3)11-5-4-8-20-15(11)12/h4-8,10,16H,9H2,1-3H3/p+1. The van der Waals surface area contributed by atoms with Gasteiger partial charge in [0.1, 0.15) is 5.75 Å². The Morgan fingerprint density at radius 2 is 2.03 bits per heavy atom. The molecule has 1 saturated heterocycles. The number of aromatic nitrogens is 1. The van der Waals surface area contributed by atoms with Crippen molar-refractivity contribution in [1.82, 2.24) is 14.8 Å². The van der Waals surface area contributed by atoms with E-state index in [0.717, 1.165) is 10.3 Å². The van der Waals surface area contributed by atoms with E-state index in [1.165, 1.54) is 22.9 Å². The van der Waals surface area contributed by atoms with Crippen molar-refractivity contribution in [2.45, 2.75) is 6.04 Å². The van der Waals surface area contributed by atoms with Crippen LogP contribution in [0.25, 0.3) is 10.9 Å². The zero-order valence-corrected chi connectivity index (χ0v) is 16.1. The number of hydrogen-bond acceptors (Lipinski definition) is 6. The highest BCUT2D eigenvalue weighted by Crippen LogP contribution is 2.29. The second-order valence-electron chi connectivity index (χ2n) is 6.68. The summed E-state index contributed by atoms with van der Waals surface area (Å²) < 4.78 is 6.84. The summed E-state index contributed by atoms with van der Waals surface area (Å²) >= 11 is 0. The minimum Gasteiger partial charge on any atom is -0.496 e. The summed E-state index contributed by atoms with van der Waals surface area (Å²) in [6.45, 7) is -0.111. The Labute approximate surface area is 166 Å². The lowest BCUT2D eigenvalue weighted by Gasteiger charge is -2.30. The fraction of sp³-hybridized carbons (Fsp3) is 0.263. The number of hydrogen-bond donors (Lipinski definition) is 1. The zero-order chi connectivity index (χ0) is 20.7. The molecule has 0 radical (unpaired) electrons. The minimum absolute atomic E-state index is 0.111. The quantitative estimate of drug-likeness (QED) is 0.760. The fourth-order valence-electron chi connectivity index (χ4n) is 3.45. The first-order chi connectivity index (χ1) is 13.9. The van der Waals surface area contributed by atoms with Crippen LogP contribution in [0.5, 0.6) is 5.75 Å². The third-order valence-corrected chi connectivity index (χ3v) is 4.95. The van der Waals surface area contributed by atoms with Gasteiger partial charge in [-0.25, -0.2) is 9.37 Å². The van der Waals surface area contributed by atoms with Crippen molar-refractivity contribution in [2.24, 2.45) is 4.99 Å². The lowest BCUT2D eigenvalue weighted by molar-refractivity contribution is -0.519. The molecule has 0 bridgehead atoms. The average molecular weight is 395 g/mol. The smallest absolute Gasteiger partial charge is 0.333 e. The SMILES string of the molecule is COc1ccc(NC(=O)C[N+]2=CN=C3C2C(=O)N(C)C(=O)N3C)c2ncccc12. The zero-order valence-electron chi connectivity index (χ0n) is 16.1. The number of amides is 4. The van der Waals surface area contributed by atoms with Gasteiger partial charge in [0.05, 0.1) is 18.3 Å². The second kappa shape index (κ2) is 6.97. The molecule has 1 atom stereocenters. The Kier molecular flexibility index (Phi) is 4.45. The number of ether oxygens (including phenoxy) is 1. The van der Waals surface area contributed by atoms with Crippen molar-refractivity contribution in [2.75, 3.05) is 33.1 Å². The van der Waals surface area contributed by atoms with Crippen LogP contribution in [0.1, 0.15) is 0 Å². The van der Waals surface area contributed by atoms with Crippen molar-refractivity contribution in [3.05, 3.63) is 30.5 Å². The summed E-state index contributed by atoms with van der Waals surface area (Å²) in [5.41, 5.74) is 1.13. The van der Waals surface area contributed by atoms with Crippen LogP contribution in [-0.2, 0) is 9.59 Å². The van der Waals surface area contributed by atoms with Crippen molar-refractivity contribution < 1.29 is 23.7 Å². The molecule has 0 spiro atoms. The number of imide groups is 1. The molecule has 2 aliphatic rings. The predicted octanol–water partition coefficient (Wildman–Crippen LogP) is 0.527. The molecule has 3 heterocycles. The molecule has 1 aromatic heterocycles. The second-order valence-corrected chi connectivity index (χ2v) is 6.68. The van der Waals surface area contributed by atoms with Crippen LogP contribution in [0.15, 0.2) is 35.5 Å². The number of anilines is 1. The molecule has 10 heteroatoms. The number of nitrogens with zero attached hydrogens (tertiary/aromatic N) is 5. The van der Waals surface area contributed by atoms with Crippen molar-refractivity contribution in [3.63, 3.8) is 0 Å². The Hall–Kier alpha value is -3.82. The van der Waals surface area contributed by atoms with Gasteiger partial charge in [-0.2, -0.15) is 0 Å². The van der Waals surface area contributed by atoms with Gasteiger partial charge in [-0.15, -0.1) is 0 Å². The molecule has 1 fully saturated rings. The highest BCUT2D eigenvalue weighted by molar-refractivity contribution is 6.21. The number of aliphatic imine (C=N–C) groups is 1. The number of carbonyl (C=O) groups excluding carboxylic acids is 3. The molecule has 0 aliphatic carbocycles. The number of amidine groups is 1. The number of rotatable bonds is 4. The molecule has 1 aromatic carbocycles. The summed E-state index contributed by atoms with van der Waals surface area (Å²) in [7, 11) is 4.52. The molecule has 2 aliphatic heterocycles. The van der Waals surface area contributed by atoms with Gasteiger partial charge in [0, 0.05) is 25.7 Å². The Balaban J connectivity index is 1.54. The first-order valence-electron chi connectivity index (χ1n) is 8.86. The lowest BCUT2D eigenvalue weighted by atomic mass is 10.1. The van der Waals surface area contributed by atoms with Crippen LogP contribution in [0.3, 0.4) is 0 Å². The first-order valence-corrected chi connectivity index (χ1v) is 8.86. The van der Waals surface area contributed by atoms with E-state index >= 15 is 0 Å². The Bertz CT molecular complexity index is 1110. The molecule has 29 heavy (non-hydrogen) atoms. The molecule has 4 amide bonds. The fourth-order valence-corrected chi connectivity index (χ4v) is 3.45. The van der Waals surface area contributed by atoms with Gasteiger partial charge in [-0.1, -0.05) is 0 Å². The lowest BCUT2D eigenvalue weighted by Crippen LogP contribution is -2.61. The maximum Gasteiger partial charge on any atom is 0.333 e. The molecule has 4 rings (SSSR count). The Morgan fingerprint density at radius 1 is 1.24 bits per heavy atom. The van der Waals surface area contributed by atoms with Gasteiger partial charge >= 0.3 is 6.03 Å². The minimum atomic E-state index is -0.806. The number of urea groups is 1. The topological polar surface area (TPSA) is 107 Å². The molecule has 148 valence electrons. The van der Waals surface area contributed by atoms with E-state index in [9.17, 15) is 14.4 Å². The normalized spacial score (nSPS) is 18.5. The summed E-state index contributed by atoms with van der Waals surface area (Å²) in [5.74, 6) is 0.192. The van der Waals surface area contributed by atoms with Crippen LogP contribution in [0.2, 0.25) is 0 Å². The third-order valence-electron chi connectivity index (χ3n) is 4.95. The van der Waals surface area contributed by atoms with E-state index in [0.29, 0.717) is 22.8 Å². The predicted molar refractivity (Wildman–Crippen MR) is 105 cm³/mol. The maximum atomic E-state index is 12.7. The van der Waals surface area contributed by atoms with E-state index in [1.54, 1.807) is 38.6 Å². The third kappa shape index (κ3) is 2.98.